The van der Waals surface area contributed by atoms with E-state index in [0.29, 0.717) is 18.0 Å². The average molecular weight is 308 g/mol. The Morgan fingerprint density at radius 2 is 2.05 bits per heavy atom. The number of nitrogens with zero attached hydrogens (tertiary/aromatic N) is 1. The smallest absolute Gasteiger partial charge is 0.244 e. The van der Waals surface area contributed by atoms with Crippen molar-refractivity contribution in [2.24, 2.45) is 0 Å². The molecule has 4 nitrogen and oxygen atoms in total. The summed E-state index contributed by atoms with van der Waals surface area (Å²) in [5, 5.41) is 3.20. The number of sulfonamides is 1. The standard InChI is InChI=1S/C16H24N2O2S/c1-5-10-18(11-6-2)21(19,20)16-12-15(13-17-7-3)9-8-14(16)4/h1,8-9,12,17H,6-7,10-11,13H2,2-4H3. The molecule has 0 unspecified atom stereocenters. The zero-order valence-electron chi connectivity index (χ0n) is 13.0. The topological polar surface area (TPSA) is 49.4 Å². The van der Waals surface area contributed by atoms with Gasteiger partial charge in [0.15, 0.2) is 0 Å². The first-order chi connectivity index (χ1) is 9.97. The third-order valence-corrected chi connectivity index (χ3v) is 5.18. The second-order valence-electron chi connectivity index (χ2n) is 4.92. The SMILES string of the molecule is C#CCN(CCC)S(=O)(=O)c1cc(CNCC)ccc1C. The lowest BCUT2D eigenvalue weighted by Crippen LogP contribution is -2.32. The Balaban J connectivity index is 3.19. The molecule has 21 heavy (non-hydrogen) atoms. The lowest BCUT2D eigenvalue weighted by molar-refractivity contribution is 0.445. The molecular weight excluding hydrogens is 284 g/mol. The summed E-state index contributed by atoms with van der Waals surface area (Å²) >= 11 is 0. The maximum Gasteiger partial charge on any atom is 0.244 e. The first-order valence-corrected chi connectivity index (χ1v) is 8.65. The molecule has 0 fully saturated rings. The minimum absolute atomic E-state index is 0.104. The summed E-state index contributed by atoms with van der Waals surface area (Å²) in [6.07, 6.45) is 6.04. The molecule has 0 aliphatic heterocycles. The van der Waals surface area contributed by atoms with Gasteiger partial charge in [-0.1, -0.05) is 31.9 Å². The Morgan fingerprint density at radius 3 is 2.62 bits per heavy atom. The Hall–Kier alpha value is -1.35. The van der Waals surface area contributed by atoms with E-state index in [-0.39, 0.29) is 6.54 Å². The molecule has 0 atom stereocenters. The molecule has 0 amide bonds. The van der Waals surface area contributed by atoms with Gasteiger partial charge in [-0.25, -0.2) is 8.42 Å². The third kappa shape index (κ3) is 4.57. The predicted molar refractivity (Wildman–Crippen MR) is 86.4 cm³/mol. The van der Waals surface area contributed by atoms with Gasteiger partial charge in [0, 0.05) is 13.1 Å². The van der Waals surface area contributed by atoms with Crippen LogP contribution in [0.3, 0.4) is 0 Å². The van der Waals surface area contributed by atoms with Crippen LogP contribution in [0.25, 0.3) is 0 Å². The molecule has 1 aromatic carbocycles. The average Bonchev–Trinajstić information content (AvgIpc) is 2.46. The van der Waals surface area contributed by atoms with Crippen LogP contribution in [0.4, 0.5) is 0 Å². The highest BCUT2D eigenvalue weighted by Gasteiger charge is 2.25. The van der Waals surface area contributed by atoms with Crippen LogP contribution < -0.4 is 5.32 Å². The minimum Gasteiger partial charge on any atom is -0.313 e. The van der Waals surface area contributed by atoms with Crippen molar-refractivity contribution >= 4 is 10.0 Å². The van der Waals surface area contributed by atoms with Crippen molar-refractivity contribution in [2.45, 2.75) is 38.6 Å². The van der Waals surface area contributed by atoms with E-state index >= 15 is 0 Å². The first kappa shape index (κ1) is 17.7. The van der Waals surface area contributed by atoms with Crippen molar-refractivity contribution in [2.75, 3.05) is 19.6 Å². The summed E-state index contributed by atoms with van der Waals surface area (Å²) in [5.41, 5.74) is 1.70. The Morgan fingerprint density at radius 1 is 1.33 bits per heavy atom. The van der Waals surface area contributed by atoms with Crippen LogP contribution in [0.5, 0.6) is 0 Å². The van der Waals surface area contributed by atoms with Gasteiger partial charge in [0.05, 0.1) is 11.4 Å². The summed E-state index contributed by atoms with van der Waals surface area (Å²) in [4.78, 5) is 0.349. The fourth-order valence-electron chi connectivity index (χ4n) is 2.08. The third-order valence-electron chi connectivity index (χ3n) is 3.19. The minimum atomic E-state index is -3.54. The molecule has 0 saturated carbocycles. The Kier molecular flexibility index (Phi) is 6.90. The number of rotatable bonds is 8. The molecule has 0 spiro atoms. The van der Waals surface area contributed by atoms with E-state index in [1.807, 2.05) is 32.9 Å². The number of terminal acetylenes is 1. The van der Waals surface area contributed by atoms with E-state index in [2.05, 4.69) is 11.2 Å². The van der Waals surface area contributed by atoms with E-state index in [9.17, 15) is 8.42 Å². The molecule has 116 valence electrons. The molecule has 0 aliphatic rings. The van der Waals surface area contributed by atoms with Crippen molar-refractivity contribution in [1.82, 2.24) is 9.62 Å². The predicted octanol–water partition coefficient (Wildman–Crippen LogP) is 2.14. The van der Waals surface area contributed by atoms with Crippen LogP contribution in [0.2, 0.25) is 0 Å². The van der Waals surface area contributed by atoms with Crippen molar-refractivity contribution in [1.29, 1.82) is 0 Å². The van der Waals surface area contributed by atoms with Gasteiger partial charge in [0.1, 0.15) is 0 Å². The largest absolute Gasteiger partial charge is 0.313 e. The van der Waals surface area contributed by atoms with E-state index in [4.69, 9.17) is 6.42 Å². The fourth-order valence-corrected chi connectivity index (χ4v) is 3.80. The van der Waals surface area contributed by atoms with Gasteiger partial charge in [-0.15, -0.1) is 6.42 Å². The number of aryl methyl sites for hydroxylation is 1. The summed E-state index contributed by atoms with van der Waals surface area (Å²) in [6, 6.07) is 5.54. The lowest BCUT2D eigenvalue weighted by Gasteiger charge is -2.21. The van der Waals surface area contributed by atoms with Crippen molar-refractivity contribution in [3.8, 4) is 12.3 Å². The second kappa shape index (κ2) is 8.18. The van der Waals surface area contributed by atoms with Crippen molar-refractivity contribution in [3.05, 3.63) is 29.3 Å². The molecule has 1 rings (SSSR count). The molecular formula is C16H24N2O2S. The van der Waals surface area contributed by atoms with Gasteiger partial charge in [-0.05, 0) is 37.1 Å². The molecule has 1 aromatic rings. The summed E-state index contributed by atoms with van der Waals surface area (Å²) < 4.78 is 26.9. The van der Waals surface area contributed by atoms with E-state index < -0.39 is 10.0 Å². The maximum absolute atomic E-state index is 12.8. The molecule has 0 radical (unpaired) electrons. The fraction of sp³-hybridized carbons (Fsp3) is 0.500. The highest BCUT2D eigenvalue weighted by atomic mass is 32.2. The normalized spacial score (nSPS) is 11.6. The van der Waals surface area contributed by atoms with E-state index in [1.165, 1.54) is 4.31 Å². The van der Waals surface area contributed by atoms with Crippen LogP contribution in [0, 0.1) is 19.3 Å². The van der Waals surface area contributed by atoms with Crippen molar-refractivity contribution < 1.29 is 8.42 Å². The van der Waals surface area contributed by atoms with Gasteiger partial charge >= 0.3 is 0 Å². The van der Waals surface area contributed by atoms with E-state index in [1.54, 1.807) is 6.07 Å². The molecule has 0 aliphatic carbocycles. The zero-order chi connectivity index (χ0) is 15.9. The number of benzene rings is 1. The van der Waals surface area contributed by atoms with Crippen LogP contribution in [0.15, 0.2) is 23.1 Å². The second-order valence-corrected chi connectivity index (χ2v) is 6.83. The van der Waals surface area contributed by atoms with Gasteiger partial charge < -0.3 is 5.32 Å². The molecule has 0 aromatic heterocycles. The van der Waals surface area contributed by atoms with Gasteiger partial charge in [0.25, 0.3) is 0 Å². The first-order valence-electron chi connectivity index (χ1n) is 7.21. The Bertz CT molecular complexity index is 603. The van der Waals surface area contributed by atoms with Crippen LogP contribution in [0.1, 0.15) is 31.4 Å². The summed E-state index contributed by atoms with van der Waals surface area (Å²) in [5.74, 6) is 2.43. The van der Waals surface area contributed by atoms with E-state index in [0.717, 1.165) is 24.1 Å². The molecule has 1 N–H and O–H groups in total. The highest BCUT2D eigenvalue weighted by molar-refractivity contribution is 7.89. The molecule has 0 saturated heterocycles. The summed E-state index contributed by atoms with van der Waals surface area (Å²) in [6.45, 7) is 7.80. The van der Waals surface area contributed by atoms with Crippen molar-refractivity contribution in [3.63, 3.8) is 0 Å². The lowest BCUT2D eigenvalue weighted by atomic mass is 10.1. The van der Waals surface area contributed by atoms with Crippen LogP contribution in [-0.2, 0) is 16.6 Å². The Labute approximate surface area is 128 Å². The quantitative estimate of drug-likeness (QED) is 0.749. The van der Waals surface area contributed by atoms with Crippen LogP contribution >= 0.6 is 0 Å². The van der Waals surface area contributed by atoms with Gasteiger partial charge in [-0.3, -0.25) is 0 Å². The number of nitrogens with one attached hydrogen (secondary N) is 1. The molecule has 0 heterocycles. The molecule has 5 heteroatoms. The zero-order valence-corrected chi connectivity index (χ0v) is 13.8. The van der Waals surface area contributed by atoms with Gasteiger partial charge in [0.2, 0.25) is 10.0 Å². The van der Waals surface area contributed by atoms with Crippen LogP contribution in [-0.4, -0.2) is 32.4 Å². The summed E-state index contributed by atoms with van der Waals surface area (Å²) in [7, 11) is -3.54. The maximum atomic E-state index is 12.8. The molecule has 0 bridgehead atoms. The number of hydrogen-bond donors (Lipinski definition) is 1. The number of hydrogen-bond acceptors (Lipinski definition) is 3. The highest BCUT2D eigenvalue weighted by Crippen LogP contribution is 2.21. The van der Waals surface area contributed by atoms with Gasteiger partial charge in [-0.2, -0.15) is 4.31 Å². The monoisotopic (exact) mass is 308 g/mol.